The van der Waals surface area contributed by atoms with Crippen LogP contribution in [0.4, 0.5) is 0 Å². The molecule has 0 spiro atoms. The van der Waals surface area contributed by atoms with Crippen LogP contribution < -0.4 is 0 Å². The number of benzene rings is 1. The van der Waals surface area contributed by atoms with Crippen LogP contribution in [0.3, 0.4) is 0 Å². The molecule has 0 aliphatic carbocycles. The number of carbonyl (C=O) groups is 1. The molecular formula is C14H20ClNO3. The van der Waals surface area contributed by atoms with Crippen LogP contribution in [0, 0.1) is 0 Å². The number of hydrogen-bond acceptors (Lipinski definition) is 3. The van der Waals surface area contributed by atoms with Crippen LogP contribution >= 0.6 is 11.6 Å². The maximum absolute atomic E-state index is 12.2. The van der Waals surface area contributed by atoms with Gasteiger partial charge < -0.3 is 14.4 Å². The third-order valence-electron chi connectivity index (χ3n) is 2.78. The number of rotatable bonds is 8. The Morgan fingerprint density at radius 3 is 2.26 bits per heavy atom. The van der Waals surface area contributed by atoms with E-state index in [4.69, 9.17) is 21.1 Å². The monoisotopic (exact) mass is 285 g/mol. The molecule has 1 amide bonds. The summed E-state index contributed by atoms with van der Waals surface area (Å²) in [4.78, 5) is 14.0. The second kappa shape index (κ2) is 8.91. The van der Waals surface area contributed by atoms with E-state index in [1.807, 2.05) is 18.2 Å². The van der Waals surface area contributed by atoms with Crippen LogP contribution in [0.2, 0.25) is 5.02 Å². The van der Waals surface area contributed by atoms with E-state index >= 15 is 0 Å². The molecule has 4 nitrogen and oxygen atoms in total. The second-order valence-electron chi connectivity index (χ2n) is 4.13. The minimum absolute atomic E-state index is 0.0298. The zero-order chi connectivity index (χ0) is 14.1. The van der Waals surface area contributed by atoms with Gasteiger partial charge >= 0.3 is 0 Å². The molecule has 0 unspecified atom stereocenters. The van der Waals surface area contributed by atoms with Crippen LogP contribution in [0.1, 0.15) is 5.56 Å². The van der Waals surface area contributed by atoms with Crippen molar-refractivity contribution < 1.29 is 14.3 Å². The van der Waals surface area contributed by atoms with E-state index in [0.29, 0.717) is 37.7 Å². The largest absolute Gasteiger partial charge is 0.383 e. The SMILES string of the molecule is COCCN(CCOC)C(=O)Cc1ccccc1Cl. The van der Waals surface area contributed by atoms with Gasteiger partial charge in [0.15, 0.2) is 0 Å². The maximum Gasteiger partial charge on any atom is 0.227 e. The van der Waals surface area contributed by atoms with Crippen molar-refractivity contribution in [2.24, 2.45) is 0 Å². The van der Waals surface area contributed by atoms with E-state index in [-0.39, 0.29) is 5.91 Å². The van der Waals surface area contributed by atoms with Gasteiger partial charge in [0.05, 0.1) is 19.6 Å². The maximum atomic E-state index is 12.2. The van der Waals surface area contributed by atoms with Gasteiger partial charge in [-0.05, 0) is 11.6 Å². The fraction of sp³-hybridized carbons (Fsp3) is 0.500. The Hall–Kier alpha value is -1.10. The lowest BCUT2D eigenvalue weighted by Gasteiger charge is -2.22. The molecule has 1 aromatic rings. The first-order valence-electron chi connectivity index (χ1n) is 6.18. The van der Waals surface area contributed by atoms with Gasteiger partial charge in [0.1, 0.15) is 0 Å². The Bertz CT molecular complexity index is 390. The van der Waals surface area contributed by atoms with E-state index in [0.717, 1.165) is 5.56 Å². The Labute approximate surface area is 119 Å². The smallest absolute Gasteiger partial charge is 0.227 e. The molecule has 0 N–H and O–H groups in total. The summed E-state index contributed by atoms with van der Waals surface area (Å²) in [5.41, 5.74) is 0.842. The molecule has 0 radical (unpaired) electrons. The molecule has 0 saturated carbocycles. The fourth-order valence-corrected chi connectivity index (χ4v) is 1.88. The molecule has 0 atom stereocenters. The lowest BCUT2D eigenvalue weighted by Crippen LogP contribution is -2.37. The second-order valence-corrected chi connectivity index (χ2v) is 4.54. The van der Waals surface area contributed by atoms with E-state index in [1.54, 1.807) is 25.2 Å². The molecular weight excluding hydrogens is 266 g/mol. The van der Waals surface area contributed by atoms with Crippen molar-refractivity contribution in [2.45, 2.75) is 6.42 Å². The molecule has 1 aromatic carbocycles. The molecule has 0 aliphatic rings. The molecule has 0 saturated heterocycles. The Kier molecular flexibility index (Phi) is 7.48. The summed E-state index contributed by atoms with van der Waals surface area (Å²) in [5.74, 6) is 0.0298. The Morgan fingerprint density at radius 2 is 1.74 bits per heavy atom. The van der Waals surface area contributed by atoms with E-state index < -0.39 is 0 Å². The van der Waals surface area contributed by atoms with Crippen molar-refractivity contribution in [1.82, 2.24) is 4.90 Å². The highest BCUT2D eigenvalue weighted by atomic mass is 35.5. The predicted molar refractivity (Wildman–Crippen MR) is 75.5 cm³/mol. The summed E-state index contributed by atoms with van der Waals surface area (Å²) < 4.78 is 10.0. The van der Waals surface area contributed by atoms with Crippen molar-refractivity contribution in [3.8, 4) is 0 Å². The number of methoxy groups -OCH3 is 2. The summed E-state index contributed by atoms with van der Waals surface area (Å²) >= 11 is 6.06. The van der Waals surface area contributed by atoms with Gasteiger partial charge in [-0.1, -0.05) is 29.8 Å². The molecule has 106 valence electrons. The number of ether oxygens (including phenoxy) is 2. The van der Waals surface area contributed by atoms with Gasteiger partial charge in [0.25, 0.3) is 0 Å². The number of halogens is 1. The zero-order valence-electron chi connectivity index (χ0n) is 11.4. The molecule has 0 bridgehead atoms. The summed E-state index contributed by atoms with van der Waals surface area (Å²) in [6, 6.07) is 7.39. The van der Waals surface area contributed by atoms with E-state index in [9.17, 15) is 4.79 Å². The average molecular weight is 286 g/mol. The molecule has 0 fully saturated rings. The predicted octanol–water partition coefficient (Wildman–Crippen LogP) is 2.00. The van der Waals surface area contributed by atoms with Crippen LogP contribution in [0.15, 0.2) is 24.3 Å². The summed E-state index contributed by atoms with van der Waals surface area (Å²) in [5, 5.41) is 0.620. The van der Waals surface area contributed by atoms with Gasteiger partial charge in [-0.25, -0.2) is 0 Å². The third-order valence-corrected chi connectivity index (χ3v) is 3.15. The van der Waals surface area contributed by atoms with Crippen LogP contribution in [-0.2, 0) is 20.7 Å². The molecule has 0 aliphatic heterocycles. The third kappa shape index (κ3) is 5.59. The highest BCUT2D eigenvalue weighted by Crippen LogP contribution is 2.16. The fourth-order valence-electron chi connectivity index (χ4n) is 1.68. The normalized spacial score (nSPS) is 10.5. The number of carbonyl (C=O) groups excluding carboxylic acids is 1. The summed E-state index contributed by atoms with van der Waals surface area (Å²) in [6.45, 7) is 2.14. The molecule has 0 aromatic heterocycles. The summed E-state index contributed by atoms with van der Waals surface area (Å²) in [6.07, 6.45) is 0.299. The van der Waals surface area contributed by atoms with Crippen LogP contribution in [0.5, 0.6) is 0 Å². The van der Waals surface area contributed by atoms with Gasteiger partial charge in [-0.3, -0.25) is 4.79 Å². The van der Waals surface area contributed by atoms with E-state index in [1.165, 1.54) is 0 Å². The first kappa shape index (κ1) is 16.0. The lowest BCUT2D eigenvalue weighted by atomic mass is 10.1. The zero-order valence-corrected chi connectivity index (χ0v) is 12.2. The van der Waals surface area contributed by atoms with Crippen molar-refractivity contribution >= 4 is 17.5 Å². The highest BCUT2D eigenvalue weighted by Gasteiger charge is 2.14. The standard InChI is InChI=1S/C14H20ClNO3/c1-18-9-7-16(8-10-19-2)14(17)11-12-5-3-4-6-13(12)15/h3-6H,7-11H2,1-2H3. The Balaban J connectivity index is 2.62. The molecule has 5 heteroatoms. The quantitative estimate of drug-likeness (QED) is 0.733. The first-order valence-corrected chi connectivity index (χ1v) is 6.56. The Morgan fingerprint density at radius 1 is 1.16 bits per heavy atom. The van der Waals surface area contributed by atoms with Crippen molar-refractivity contribution in [3.05, 3.63) is 34.9 Å². The average Bonchev–Trinajstić information content (AvgIpc) is 2.41. The first-order chi connectivity index (χ1) is 9.19. The molecule has 1 rings (SSSR count). The van der Waals surface area contributed by atoms with Gasteiger partial charge in [0.2, 0.25) is 5.91 Å². The van der Waals surface area contributed by atoms with Crippen LogP contribution in [-0.4, -0.2) is 51.3 Å². The minimum atomic E-state index is 0.0298. The number of nitrogens with zero attached hydrogens (tertiary/aromatic N) is 1. The number of hydrogen-bond donors (Lipinski definition) is 0. The van der Waals surface area contributed by atoms with Crippen molar-refractivity contribution in [3.63, 3.8) is 0 Å². The lowest BCUT2D eigenvalue weighted by molar-refractivity contribution is -0.131. The van der Waals surface area contributed by atoms with Gasteiger partial charge in [0, 0.05) is 32.3 Å². The molecule has 19 heavy (non-hydrogen) atoms. The topological polar surface area (TPSA) is 38.8 Å². The van der Waals surface area contributed by atoms with Crippen LogP contribution in [0.25, 0.3) is 0 Å². The van der Waals surface area contributed by atoms with Gasteiger partial charge in [-0.15, -0.1) is 0 Å². The minimum Gasteiger partial charge on any atom is -0.383 e. The highest BCUT2D eigenvalue weighted by molar-refractivity contribution is 6.31. The molecule has 0 heterocycles. The van der Waals surface area contributed by atoms with Gasteiger partial charge in [-0.2, -0.15) is 0 Å². The van der Waals surface area contributed by atoms with Crippen molar-refractivity contribution in [2.75, 3.05) is 40.5 Å². The van der Waals surface area contributed by atoms with E-state index in [2.05, 4.69) is 0 Å². The summed E-state index contributed by atoms with van der Waals surface area (Å²) in [7, 11) is 3.24. The van der Waals surface area contributed by atoms with Crippen molar-refractivity contribution in [1.29, 1.82) is 0 Å². The number of amides is 1.